The molecule has 0 spiro atoms. The van der Waals surface area contributed by atoms with Crippen molar-refractivity contribution in [1.29, 1.82) is 0 Å². The highest BCUT2D eigenvalue weighted by Gasteiger charge is 2.28. The van der Waals surface area contributed by atoms with Crippen molar-refractivity contribution in [2.24, 2.45) is 5.92 Å². The highest BCUT2D eigenvalue weighted by molar-refractivity contribution is 7.88. The van der Waals surface area contributed by atoms with E-state index < -0.39 is 10.0 Å². The Labute approximate surface area is 152 Å². The van der Waals surface area contributed by atoms with Gasteiger partial charge < -0.3 is 4.90 Å². The summed E-state index contributed by atoms with van der Waals surface area (Å²) in [5.74, 6) is 0.242. The molecule has 5 nitrogen and oxygen atoms in total. The Bertz CT molecular complexity index is 666. The lowest BCUT2D eigenvalue weighted by Crippen LogP contribution is -2.40. The third kappa shape index (κ3) is 5.28. The van der Waals surface area contributed by atoms with Crippen LogP contribution in [0.15, 0.2) is 24.3 Å². The molecule has 1 aromatic carbocycles. The van der Waals surface area contributed by atoms with Gasteiger partial charge in [-0.25, -0.2) is 8.42 Å². The summed E-state index contributed by atoms with van der Waals surface area (Å²) < 4.78 is 27.0. The average molecular weight is 367 g/mol. The second-order valence-corrected chi connectivity index (χ2v) is 8.80. The minimum atomic E-state index is -3.36. The van der Waals surface area contributed by atoms with Crippen LogP contribution in [0.2, 0.25) is 0 Å². The lowest BCUT2D eigenvalue weighted by molar-refractivity contribution is -0.135. The van der Waals surface area contributed by atoms with Crippen LogP contribution in [0.1, 0.15) is 44.2 Å². The third-order valence-electron chi connectivity index (χ3n) is 4.96. The maximum Gasteiger partial charge on any atom is 0.225 e. The van der Waals surface area contributed by atoms with Gasteiger partial charge in [-0.1, -0.05) is 43.7 Å². The molecule has 0 saturated carbocycles. The smallest absolute Gasteiger partial charge is 0.225 e. The van der Waals surface area contributed by atoms with E-state index >= 15 is 0 Å². The van der Waals surface area contributed by atoms with Crippen LogP contribution in [0.4, 0.5) is 0 Å². The first-order chi connectivity index (χ1) is 11.9. The number of hydrogen-bond acceptors (Lipinski definition) is 3. The van der Waals surface area contributed by atoms with Gasteiger partial charge in [-0.15, -0.1) is 0 Å². The fourth-order valence-corrected chi connectivity index (χ4v) is 4.84. The Morgan fingerprint density at radius 3 is 2.28 bits per heavy atom. The zero-order chi connectivity index (χ0) is 18.4. The van der Waals surface area contributed by atoms with Crippen LogP contribution in [0.3, 0.4) is 0 Å². The largest absolute Gasteiger partial charge is 0.341 e. The van der Waals surface area contributed by atoms with Crippen molar-refractivity contribution in [3.63, 3.8) is 0 Å². The lowest BCUT2D eigenvalue weighted by Gasteiger charge is -2.25. The summed E-state index contributed by atoms with van der Waals surface area (Å²) in [6.07, 6.45) is 2.36. The molecule has 1 aliphatic rings. The van der Waals surface area contributed by atoms with E-state index in [1.165, 1.54) is 0 Å². The van der Waals surface area contributed by atoms with Gasteiger partial charge in [-0.2, -0.15) is 4.31 Å². The molecule has 0 radical (unpaired) electrons. The normalized spacial score (nSPS) is 16.9. The number of sulfonamides is 1. The first-order valence-corrected chi connectivity index (χ1v) is 10.8. The number of carbonyl (C=O) groups is 1. The molecule has 1 saturated heterocycles. The monoisotopic (exact) mass is 366 g/mol. The van der Waals surface area contributed by atoms with E-state index in [0.717, 1.165) is 24.0 Å². The Morgan fingerprint density at radius 2 is 1.68 bits per heavy atom. The van der Waals surface area contributed by atoms with Crippen LogP contribution in [-0.2, 0) is 20.6 Å². The van der Waals surface area contributed by atoms with Gasteiger partial charge in [0, 0.05) is 32.1 Å². The van der Waals surface area contributed by atoms with Crippen molar-refractivity contribution in [2.75, 3.05) is 26.2 Å². The summed E-state index contributed by atoms with van der Waals surface area (Å²) in [4.78, 5) is 14.4. The van der Waals surface area contributed by atoms with Crippen LogP contribution in [0, 0.1) is 12.8 Å². The molecule has 0 bridgehead atoms. The highest BCUT2D eigenvalue weighted by atomic mass is 32.2. The van der Waals surface area contributed by atoms with E-state index in [-0.39, 0.29) is 17.6 Å². The van der Waals surface area contributed by atoms with Gasteiger partial charge in [0.1, 0.15) is 0 Å². The van der Waals surface area contributed by atoms with Crippen LogP contribution in [0.25, 0.3) is 0 Å². The van der Waals surface area contributed by atoms with Gasteiger partial charge in [0.2, 0.25) is 15.9 Å². The van der Waals surface area contributed by atoms with Crippen LogP contribution < -0.4 is 0 Å². The molecular weight excluding hydrogens is 336 g/mol. The fourth-order valence-electron chi connectivity index (χ4n) is 3.27. The molecule has 1 heterocycles. The lowest BCUT2D eigenvalue weighted by atomic mass is 10.0. The molecule has 1 aliphatic heterocycles. The number of carbonyl (C=O) groups excluding carboxylic acids is 1. The summed E-state index contributed by atoms with van der Waals surface area (Å²) in [6, 6.07) is 7.61. The summed E-state index contributed by atoms with van der Waals surface area (Å²) >= 11 is 0. The molecule has 0 unspecified atom stereocenters. The van der Waals surface area contributed by atoms with Gasteiger partial charge in [0.05, 0.1) is 5.75 Å². The fraction of sp³-hybridized carbons (Fsp3) is 0.632. The molecule has 0 aliphatic carbocycles. The first kappa shape index (κ1) is 19.9. The number of nitrogens with zero attached hydrogens (tertiary/aromatic N) is 2. The summed E-state index contributed by atoms with van der Waals surface area (Å²) in [5, 5.41) is 0. The molecular formula is C19H30N2O3S. The Morgan fingerprint density at radius 1 is 1.04 bits per heavy atom. The van der Waals surface area contributed by atoms with E-state index in [1.54, 1.807) is 4.31 Å². The quantitative estimate of drug-likeness (QED) is 0.778. The molecule has 0 N–H and O–H groups in total. The maximum atomic E-state index is 12.7. The predicted molar refractivity (Wildman–Crippen MR) is 101 cm³/mol. The predicted octanol–water partition coefficient (Wildman–Crippen LogP) is 2.80. The molecule has 0 atom stereocenters. The van der Waals surface area contributed by atoms with Crippen molar-refractivity contribution < 1.29 is 13.2 Å². The minimum Gasteiger partial charge on any atom is -0.341 e. The Kier molecular flexibility index (Phi) is 7.02. The van der Waals surface area contributed by atoms with Crippen molar-refractivity contribution in [2.45, 2.75) is 45.8 Å². The molecule has 25 heavy (non-hydrogen) atoms. The number of benzene rings is 1. The van der Waals surface area contributed by atoms with Gasteiger partial charge in [0.25, 0.3) is 0 Å². The molecule has 1 fully saturated rings. The van der Waals surface area contributed by atoms with E-state index in [9.17, 15) is 13.2 Å². The van der Waals surface area contributed by atoms with Gasteiger partial charge in [-0.05, 0) is 31.7 Å². The molecule has 1 aromatic rings. The van der Waals surface area contributed by atoms with E-state index in [0.29, 0.717) is 32.6 Å². The molecule has 140 valence electrons. The van der Waals surface area contributed by atoms with Gasteiger partial charge >= 0.3 is 0 Å². The summed E-state index contributed by atoms with van der Waals surface area (Å²) in [7, 11) is -3.36. The van der Waals surface area contributed by atoms with Gasteiger partial charge in [0.15, 0.2) is 0 Å². The van der Waals surface area contributed by atoms with E-state index in [1.807, 2.05) is 49.9 Å². The number of rotatable bonds is 6. The SMILES string of the molecule is CCC(CC)C(=O)N1CCCN(S(=O)(=O)Cc2ccc(C)cc2)CC1. The molecule has 6 heteroatoms. The topological polar surface area (TPSA) is 57.7 Å². The Balaban J connectivity index is 2.01. The molecule has 2 rings (SSSR count). The number of aryl methyl sites for hydroxylation is 1. The molecule has 1 amide bonds. The van der Waals surface area contributed by atoms with Crippen molar-refractivity contribution >= 4 is 15.9 Å². The van der Waals surface area contributed by atoms with Crippen LogP contribution in [0.5, 0.6) is 0 Å². The minimum absolute atomic E-state index is 0.0216. The van der Waals surface area contributed by atoms with Crippen LogP contribution >= 0.6 is 0 Å². The van der Waals surface area contributed by atoms with Crippen molar-refractivity contribution in [1.82, 2.24) is 9.21 Å². The maximum absolute atomic E-state index is 12.7. The van der Waals surface area contributed by atoms with Crippen molar-refractivity contribution in [3.8, 4) is 0 Å². The summed E-state index contributed by atoms with van der Waals surface area (Å²) in [5.41, 5.74) is 1.92. The zero-order valence-electron chi connectivity index (χ0n) is 15.6. The second-order valence-electron chi connectivity index (χ2n) is 6.83. The highest BCUT2D eigenvalue weighted by Crippen LogP contribution is 2.17. The standard InChI is InChI=1S/C19H30N2O3S/c1-4-18(5-2)19(22)20-11-6-12-21(14-13-20)25(23,24)15-17-9-7-16(3)8-10-17/h7-10,18H,4-6,11-15H2,1-3H3. The van der Waals surface area contributed by atoms with Gasteiger partial charge in [-0.3, -0.25) is 4.79 Å². The van der Waals surface area contributed by atoms with E-state index in [4.69, 9.17) is 0 Å². The first-order valence-electron chi connectivity index (χ1n) is 9.19. The van der Waals surface area contributed by atoms with Crippen molar-refractivity contribution in [3.05, 3.63) is 35.4 Å². The molecule has 0 aromatic heterocycles. The zero-order valence-corrected chi connectivity index (χ0v) is 16.4. The number of hydrogen-bond donors (Lipinski definition) is 0. The Hall–Kier alpha value is -1.40. The number of amides is 1. The third-order valence-corrected chi connectivity index (χ3v) is 6.81. The van der Waals surface area contributed by atoms with E-state index in [2.05, 4.69) is 0 Å². The summed E-state index contributed by atoms with van der Waals surface area (Å²) in [6.45, 7) is 8.05. The second kappa shape index (κ2) is 8.81. The average Bonchev–Trinajstić information content (AvgIpc) is 2.84. The van der Waals surface area contributed by atoms with Crippen LogP contribution in [-0.4, -0.2) is 49.7 Å².